The van der Waals surface area contributed by atoms with Crippen molar-refractivity contribution in [2.24, 2.45) is 7.05 Å². The summed E-state index contributed by atoms with van der Waals surface area (Å²) in [5.41, 5.74) is 8.25. The van der Waals surface area contributed by atoms with E-state index in [1.165, 1.54) is 5.56 Å². The summed E-state index contributed by atoms with van der Waals surface area (Å²) in [4.78, 5) is 4.32. The van der Waals surface area contributed by atoms with Crippen LogP contribution in [0.2, 0.25) is 0 Å². The van der Waals surface area contributed by atoms with Gasteiger partial charge in [-0.25, -0.2) is 4.98 Å². The number of ether oxygens (including phenoxy) is 1. The Morgan fingerprint density at radius 1 is 1.00 bits per heavy atom. The maximum absolute atomic E-state index is 9.76. The molecular weight excluding hydrogens is 454 g/mol. The monoisotopic (exact) mass is 485 g/mol. The molecule has 0 bridgehead atoms. The molecule has 0 N–H and O–H groups in total. The molecule has 1 aromatic heterocycles. The number of rotatable bonds is 6. The van der Waals surface area contributed by atoms with Crippen LogP contribution in [0.4, 0.5) is 0 Å². The highest BCUT2D eigenvalue weighted by Gasteiger charge is 2.21. The van der Waals surface area contributed by atoms with E-state index in [1.54, 1.807) is 6.33 Å². The molecule has 3 aromatic carbocycles. The van der Waals surface area contributed by atoms with Gasteiger partial charge in [0.15, 0.2) is 0 Å². The van der Waals surface area contributed by atoms with Gasteiger partial charge in [-0.2, -0.15) is 5.26 Å². The smallest absolute Gasteiger partial charge is 0.124 e. The molecule has 1 unspecified atom stereocenters. The molecule has 5 heteroatoms. The van der Waals surface area contributed by atoms with E-state index in [4.69, 9.17) is 4.74 Å². The summed E-state index contributed by atoms with van der Waals surface area (Å²) in [5.74, 6) is 0. The van der Waals surface area contributed by atoms with Crippen molar-refractivity contribution in [3.8, 4) is 17.2 Å². The van der Waals surface area contributed by atoms with Gasteiger partial charge in [0.1, 0.15) is 6.10 Å². The first-order valence-electron chi connectivity index (χ1n) is 11.5. The minimum Gasteiger partial charge on any atom is -0.363 e. The van der Waals surface area contributed by atoms with Gasteiger partial charge in [-0.15, -0.1) is 12.4 Å². The summed E-state index contributed by atoms with van der Waals surface area (Å²) >= 11 is 0. The summed E-state index contributed by atoms with van der Waals surface area (Å²) in [7, 11) is 1.97. The summed E-state index contributed by atoms with van der Waals surface area (Å²) in [6, 6.07) is 25.1. The lowest BCUT2D eigenvalue weighted by atomic mass is 9.87. The number of aryl methyl sites for hydroxylation is 2. The Hall–Kier alpha value is -3.39. The van der Waals surface area contributed by atoms with E-state index in [1.807, 2.05) is 42.1 Å². The summed E-state index contributed by atoms with van der Waals surface area (Å²) in [5, 5.41) is 9.76. The predicted molar refractivity (Wildman–Crippen MR) is 144 cm³/mol. The van der Waals surface area contributed by atoms with Gasteiger partial charge in [0.25, 0.3) is 0 Å². The maximum Gasteiger partial charge on any atom is 0.124 e. The summed E-state index contributed by atoms with van der Waals surface area (Å²) < 4.78 is 8.50. The third kappa shape index (κ3) is 5.82. The molecule has 0 amide bonds. The van der Waals surface area contributed by atoms with Crippen LogP contribution in [0.25, 0.3) is 11.1 Å². The van der Waals surface area contributed by atoms with Crippen molar-refractivity contribution in [2.45, 2.75) is 45.8 Å². The van der Waals surface area contributed by atoms with E-state index in [-0.39, 0.29) is 23.9 Å². The first kappa shape index (κ1) is 26.2. The molecule has 4 aromatic rings. The van der Waals surface area contributed by atoms with Crippen LogP contribution in [0.3, 0.4) is 0 Å². The van der Waals surface area contributed by atoms with Gasteiger partial charge < -0.3 is 9.30 Å². The molecule has 0 spiro atoms. The first-order valence-corrected chi connectivity index (χ1v) is 11.5. The maximum atomic E-state index is 9.76. The lowest BCUT2D eigenvalue weighted by molar-refractivity contribution is 0.0622. The lowest BCUT2D eigenvalue weighted by Crippen LogP contribution is -2.12. The Labute approximate surface area is 214 Å². The van der Waals surface area contributed by atoms with Crippen LogP contribution in [0.1, 0.15) is 60.4 Å². The highest BCUT2D eigenvalue weighted by Crippen LogP contribution is 2.33. The van der Waals surface area contributed by atoms with E-state index in [0.29, 0.717) is 12.2 Å². The topological polar surface area (TPSA) is 50.8 Å². The molecule has 0 saturated heterocycles. The van der Waals surface area contributed by atoms with Crippen molar-refractivity contribution in [1.82, 2.24) is 9.55 Å². The molecule has 4 rings (SSSR count). The number of aromatic nitrogens is 2. The third-order valence-corrected chi connectivity index (χ3v) is 6.26. The predicted octanol–water partition coefficient (Wildman–Crippen LogP) is 7.29. The molecule has 0 saturated carbocycles. The Bertz CT molecular complexity index is 1330. The van der Waals surface area contributed by atoms with Crippen LogP contribution in [0.15, 0.2) is 79.3 Å². The molecule has 1 heterocycles. The van der Waals surface area contributed by atoms with Crippen molar-refractivity contribution in [3.05, 3.63) is 113 Å². The van der Waals surface area contributed by atoms with Gasteiger partial charge in [-0.05, 0) is 52.3 Å². The zero-order valence-corrected chi connectivity index (χ0v) is 21.8. The Morgan fingerprint density at radius 3 is 2.31 bits per heavy atom. The summed E-state index contributed by atoms with van der Waals surface area (Å²) in [6.07, 6.45) is 3.32. The number of nitrogens with zero attached hydrogens (tertiary/aromatic N) is 3. The molecular formula is C30H32ClN3O. The average molecular weight is 486 g/mol. The van der Waals surface area contributed by atoms with Crippen molar-refractivity contribution >= 4 is 12.4 Å². The number of hydrogen-bond donors (Lipinski definition) is 0. The van der Waals surface area contributed by atoms with Crippen molar-refractivity contribution in [2.75, 3.05) is 0 Å². The van der Waals surface area contributed by atoms with Crippen molar-refractivity contribution in [3.63, 3.8) is 0 Å². The average Bonchev–Trinajstić information content (AvgIpc) is 3.25. The van der Waals surface area contributed by atoms with Crippen molar-refractivity contribution < 1.29 is 4.74 Å². The first-order chi connectivity index (χ1) is 16.3. The third-order valence-electron chi connectivity index (χ3n) is 6.26. The number of halogens is 1. The molecule has 0 aliphatic carbocycles. The Kier molecular flexibility index (Phi) is 8.17. The number of imidazole rings is 1. The van der Waals surface area contributed by atoms with Crippen LogP contribution in [-0.4, -0.2) is 9.55 Å². The normalized spacial score (nSPS) is 12.0. The van der Waals surface area contributed by atoms with E-state index in [0.717, 1.165) is 33.5 Å². The number of hydrogen-bond acceptors (Lipinski definition) is 3. The standard InChI is InChI=1S/C30H31N3O.ClH/c1-21-8-6-7-9-26(21)27-16-23(12-13-24(27)17-31)29(28-18-32-20-33(28)5)34-19-22-10-14-25(15-11-22)30(2,3)4;/h6-16,18,20,29H,19H2,1-5H3;1H. The fourth-order valence-electron chi connectivity index (χ4n) is 4.17. The molecule has 35 heavy (non-hydrogen) atoms. The zero-order chi connectivity index (χ0) is 24.3. The number of benzene rings is 3. The van der Waals surface area contributed by atoms with Crippen LogP contribution in [-0.2, 0) is 23.8 Å². The SMILES string of the molecule is Cc1ccccc1-c1cc(C(OCc2ccc(C(C)(C)C)cc2)c2cncn2C)ccc1C#N.Cl. The molecule has 1 atom stereocenters. The zero-order valence-electron chi connectivity index (χ0n) is 20.9. The lowest BCUT2D eigenvalue weighted by Gasteiger charge is -2.22. The molecule has 0 aliphatic rings. The van der Waals surface area contributed by atoms with Gasteiger partial charge >= 0.3 is 0 Å². The quantitative estimate of drug-likeness (QED) is 0.288. The largest absolute Gasteiger partial charge is 0.363 e. The van der Waals surface area contributed by atoms with E-state index in [2.05, 4.69) is 81.2 Å². The molecule has 0 aliphatic heterocycles. The minimum atomic E-state index is -0.315. The highest BCUT2D eigenvalue weighted by molar-refractivity contribution is 5.85. The highest BCUT2D eigenvalue weighted by atomic mass is 35.5. The van der Waals surface area contributed by atoms with Gasteiger partial charge in [0.2, 0.25) is 0 Å². The van der Waals surface area contributed by atoms with Crippen LogP contribution >= 0.6 is 12.4 Å². The van der Waals surface area contributed by atoms with E-state index >= 15 is 0 Å². The molecule has 4 nitrogen and oxygen atoms in total. The van der Waals surface area contributed by atoms with Crippen LogP contribution in [0, 0.1) is 18.3 Å². The van der Waals surface area contributed by atoms with E-state index < -0.39 is 0 Å². The number of nitriles is 1. The Morgan fingerprint density at radius 2 is 1.71 bits per heavy atom. The van der Waals surface area contributed by atoms with Crippen LogP contribution < -0.4 is 0 Å². The Balaban J connectivity index is 0.00000342. The van der Waals surface area contributed by atoms with Crippen molar-refractivity contribution in [1.29, 1.82) is 5.26 Å². The van der Waals surface area contributed by atoms with Gasteiger partial charge in [-0.1, -0.05) is 75.4 Å². The molecule has 180 valence electrons. The fourth-order valence-corrected chi connectivity index (χ4v) is 4.17. The van der Waals surface area contributed by atoms with Gasteiger partial charge in [0.05, 0.1) is 36.5 Å². The fraction of sp³-hybridized carbons (Fsp3) is 0.267. The minimum absolute atomic E-state index is 0. The second-order valence-electron chi connectivity index (χ2n) is 9.80. The second-order valence-corrected chi connectivity index (χ2v) is 9.80. The van der Waals surface area contributed by atoms with E-state index in [9.17, 15) is 5.26 Å². The van der Waals surface area contributed by atoms with Gasteiger partial charge in [0, 0.05) is 12.6 Å². The molecule has 0 radical (unpaired) electrons. The van der Waals surface area contributed by atoms with Crippen LogP contribution in [0.5, 0.6) is 0 Å². The van der Waals surface area contributed by atoms with Gasteiger partial charge in [-0.3, -0.25) is 0 Å². The molecule has 0 fully saturated rings. The second kappa shape index (κ2) is 10.9. The summed E-state index contributed by atoms with van der Waals surface area (Å²) in [6.45, 7) is 9.19.